The molecule has 0 aromatic heterocycles. The van der Waals surface area contributed by atoms with Gasteiger partial charge in [0, 0.05) is 12.1 Å². The smallest absolute Gasteiger partial charge is 0.0294 e. The van der Waals surface area contributed by atoms with Crippen molar-refractivity contribution in [3.05, 3.63) is 35.9 Å². The fraction of sp³-hybridized carbons (Fsp3) is 0.600. The predicted octanol–water partition coefficient (Wildman–Crippen LogP) is 3.92. The van der Waals surface area contributed by atoms with Gasteiger partial charge < -0.3 is 5.32 Å². The average Bonchev–Trinajstić information content (AvgIpc) is 2.33. The highest BCUT2D eigenvalue weighted by Gasteiger charge is 2.22. The Morgan fingerprint density at radius 3 is 2.50 bits per heavy atom. The van der Waals surface area contributed by atoms with Crippen molar-refractivity contribution in [1.29, 1.82) is 0 Å². The topological polar surface area (TPSA) is 12.0 Å². The molecule has 1 aromatic rings. The van der Waals surface area contributed by atoms with E-state index in [2.05, 4.69) is 49.5 Å². The van der Waals surface area contributed by atoms with Crippen LogP contribution in [0.3, 0.4) is 0 Å². The Labute approximate surface area is 99.3 Å². The van der Waals surface area contributed by atoms with E-state index in [-0.39, 0.29) is 0 Å². The molecule has 0 amide bonds. The second-order valence-electron chi connectivity index (χ2n) is 5.17. The van der Waals surface area contributed by atoms with Crippen molar-refractivity contribution in [3.8, 4) is 0 Å². The van der Waals surface area contributed by atoms with Crippen molar-refractivity contribution >= 4 is 0 Å². The van der Waals surface area contributed by atoms with Crippen molar-refractivity contribution in [2.24, 2.45) is 5.92 Å². The molecule has 1 heteroatoms. The van der Waals surface area contributed by atoms with Crippen molar-refractivity contribution in [2.75, 3.05) is 0 Å². The van der Waals surface area contributed by atoms with E-state index in [9.17, 15) is 0 Å². The lowest BCUT2D eigenvalue weighted by Gasteiger charge is -2.32. The SMILES string of the molecule is CC(N[C@H]1CCCC[C@H]1C)c1ccccc1. The molecule has 1 nitrogen and oxygen atoms in total. The molecular formula is C15H23N. The Bertz CT molecular complexity index is 306. The van der Waals surface area contributed by atoms with Gasteiger partial charge in [0.25, 0.3) is 0 Å². The lowest BCUT2D eigenvalue weighted by Crippen LogP contribution is -2.38. The molecule has 0 aliphatic heterocycles. The molecule has 1 aliphatic carbocycles. The van der Waals surface area contributed by atoms with Crippen molar-refractivity contribution in [3.63, 3.8) is 0 Å². The summed E-state index contributed by atoms with van der Waals surface area (Å²) in [4.78, 5) is 0. The maximum Gasteiger partial charge on any atom is 0.0294 e. The van der Waals surface area contributed by atoms with E-state index in [1.54, 1.807) is 0 Å². The van der Waals surface area contributed by atoms with Gasteiger partial charge in [0.15, 0.2) is 0 Å². The van der Waals surface area contributed by atoms with Crippen LogP contribution in [0.5, 0.6) is 0 Å². The first-order valence-electron chi connectivity index (χ1n) is 6.58. The molecule has 0 heterocycles. The fourth-order valence-electron chi connectivity index (χ4n) is 2.72. The van der Waals surface area contributed by atoms with Crippen LogP contribution in [-0.2, 0) is 0 Å². The normalized spacial score (nSPS) is 27.6. The van der Waals surface area contributed by atoms with E-state index in [0.29, 0.717) is 12.1 Å². The third-order valence-corrected chi connectivity index (χ3v) is 3.88. The molecule has 1 N–H and O–H groups in total. The zero-order valence-electron chi connectivity index (χ0n) is 10.4. The first-order valence-corrected chi connectivity index (χ1v) is 6.58. The van der Waals surface area contributed by atoms with E-state index in [0.717, 1.165) is 5.92 Å². The van der Waals surface area contributed by atoms with Crippen molar-refractivity contribution < 1.29 is 0 Å². The minimum atomic E-state index is 0.478. The second-order valence-corrected chi connectivity index (χ2v) is 5.17. The summed E-state index contributed by atoms with van der Waals surface area (Å²) >= 11 is 0. The fourth-order valence-corrected chi connectivity index (χ4v) is 2.72. The van der Waals surface area contributed by atoms with Gasteiger partial charge >= 0.3 is 0 Å². The molecule has 3 atom stereocenters. The molecule has 1 unspecified atom stereocenters. The summed E-state index contributed by atoms with van der Waals surface area (Å²) in [5.41, 5.74) is 1.40. The summed E-state index contributed by atoms with van der Waals surface area (Å²) in [6.45, 7) is 4.66. The molecule has 1 aromatic carbocycles. The molecule has 0 saturated heterocycles. The van der Waals surface area contributed by atoms with E-state index in [1.165, 1.54) is 31.2 Å². The van der Waals surface area contributed by atoms with Crippen LogP contribution in [-0.4, -0.2) is 6.04 Å². The molecule has 1 saturated carbocycles. The molecule has 0 spiro atoms. The van der Waals surface area contributed by atoms with E-state index < -0.39 is 0 Å². The van der Waals surface area contributed by atoms with Crippen LogP contribution in [0.2, 0.25) is 0 Å². The van der Waals surface area contributed by atoms with Gasteiger partial charge in [-0.25, -0.2) is 0 Å². The Morgan fingerprint density at radius 1 is 1.12 bits per heavy atom. The van der Waals surface area contributed by atoms with Crippen molar-refractivity contribution in [2.45, 2.75) is 51.6 Å². The quantitative estimate of drug-likeness (QED) is 0.809. The van der Waals surface area contributed by atoms with Crippen LogP contribution < -0.4 is 5.32 Å². The summed E-state index contributed by atoms with van der Waals surface area (Å²) in [7, 11) is 0. The third kappa shape index (κ3) is 2.85. The van der Waals surface area contributed by atoms with E-state index >= 15 is 0 Å². The van der Waals surface area contributed by atoms with Crippen LogP contribution in [0, 0.1) is 5.92 Å². The molecule has 88 valence electrons. The molecule has 16 heavy (non-hydrogen) atoms. The third-order valence-electron chi connectivity index (χ3n) is 3.88. The summed E-state index contributed by atoms with van der Waals surface area (Å²) in [5, 5.41) is 3.78. The minimum Gasteiger partial charge on any atom is -0.307 e. The molecule has 1 fully saturated rings. The zero-order valence-corrected chi connectivity index (χ0v) is 10.4. The van der Waals surface area contributed by atoms with Gasteiger partial charge in [-0.2, -0.15) is 0 Å². The Hall–Kier alpha value is -0.820. The number of nitrogens with one attached hydrogen (secondary N) is 1. The maximum atomic E-state index is 3.78. The number of hydrogen-bond donors (Lipinski definition) is 1. The average molecular weight is 217 g/mol. The predicted molar refractivity (Wildman–Crippen MR) is 69.4 cm³/mol. The van der Waals surface area contributed by atoms with Gasteiger partial charge in [-0.3, -0.25) is 0 Å². The standard InChI is InChI=1S/C15H23N/c1-12-8-6-7-11-15(12)16-13(2)14-9-4-3-5-10-14/h3-5,9-10,12-13,15-16H,6-8,11H2,1-2H3/t12-,13?,15+/m1/s1. The summed E-state index contributed by atoms with van der Waals surface area (Å²) in [6, 6.07) is 11.9. The van der Waals surface area contributed by atoms with Crippen LogP contribution >= 0.6 is 0 Å². The van der Waals surface area contributed by atoms with Crippen LogP contribution in [0.25, 0.3) is 0 Å². The Balaban J connectivity index is 1.94. The van der Waals surface area contributed by atoms with Gasteiger partial charge in [0.1, 0.15) is 0 Å². The lowest BCUT2D eigenvalue weighted by atomic mass is 9.85. The highest BCUT2D eigenvalue weighted by Crippen LogP contribution is 2.26. The van der Waals surface area contributed by atoms with E-state index in [1.807, 2.05) is 0 Å². The first-order chi connectivity index (χ1) is 7.77. The largest absolute Gasteiger partial charge is 0.307 e. The Morgan fingerprint density at radius 2 is 1.81 bits per heavy atom. The van der Waals surface area contributed by atoms with Crippen molar-refractivity contribution in [1.82, 2.24) is 5.32 Å². The number of rotatable bonds is 3. The molecule has 0 bridgehead atoms. The van der Waals surface area contributed by atoms with Gasteiger partial charge in [-0.1, -0.05) is 50.1 Å². The van der Waals surface area contributed by atoms with Gasteiger partial charge in [0.05, 0.1) is 0 Å². The molecular weight excluding hydrogens is 194 g/mol. The van der Waals surface area contributed by atoms with Crippen LogP contribution in [0.1, 0.15) is 51.1 Å². The summed E-state index contributed by atoms with van der Waals surface area (Å²) < 4.78 is 0. The highest BCUT2D eigenvalue weighted by molar-refractivity contribution is 5.18. The number of benzene rings is 1. The summed E-state index contributed by atoms with van der Waals surface area (Å²) in [6.07, 6.45) is 5.54. The van der Waals surface area contributed by atoms with Gasteiger partial charge in [0.2, 0.25) is 0 Å². The second kappa shape index (κ2) is 5.49. The maximum absolute atomic E-state index is 3.78. The van der Waals surface area contributed by atoms with Crippen LogP contribution in [0.4, 0.5) is 0 Å². The van der Waals surface area contributed by atoms with Crippen LogP contribution in [0.15, 0.2) is 30.3 Å². The van der Waals surface area contributed by atoms with Gasteiger partial charge in [-0.05, 0) is 31.2 Å². The highest BCUT2D eigenvalue weighted by atomic mass is 15.0. The summed E-state index contributed by atoms with van der Waals surface area (Å²) in [5.74, 6) is 0.833. The monoisotopic (exact) mass is 217 g/mol. The lowest BCUT2D eigenvalue weighted by molar-refractivity contribution is 0.263. The zero-order chi connectivity index (χ0) is 11.4. The minimum absolute atomic E-state index is 0.478. The molecule has 1 aliphatic rings. The Kier molecular flexibility index (Phi) is 4.00. The first kappa shape index (κ1) is 11.7. The van der Waals surface area contributed by atoms with Gasteiger partial charge in [-0.15, -0.1) is 0 Å². The number of hydrogen-bond acceptors (Lipinski definition) is 1. The molecule has 2 rings (SSSR count). The molecule has 0 radical (unpaired) electrons. The van der Waals surface area contributed by atoms with E-state index in [4.69, 9.17) is 0 Å².